The monoisotopic (exact) mass is 345 g/mol. The normalized spacial score (nSPS) is 22.4. The van der Waals surface area contributed by atoms with Crippen molar-refractivity contribution < 1.29 is 9.53 Å². The number of aromatic amines is 1. The summed E-state index contributed by atoms with van der Waals surface area (Å²) in [5.41, 5.74) is 2.45. The summed E-state index contributed by atoms with van der Waals surface area (Å²) in [4.78, 5) is 13.2. The average molecular weight is 345 g/mol. The Morgan fingerprint density at radius 1 is 1.42 bits per heavy atom. The van der Waals surface area contributed by atoms with Crippen molar-refractivity contribution in [1.82, 2.24) is 25.9 Å². The molecule has 1 atom stereocenters. The third-order valence-corrected chi connectivity index (χ3v) is 6.03. The van der Waals surface area contributed by atoms with Crippen LogP contribution in [0.15, 0.2) is 12.1 Å². The molecule has 2 N–H and O–H groups in total. The molecule has 24 heavy (non-hydrogen) atoms. The van der Waals surface area contributed by atoms with Crippen molar-refractivity contribution in [3.8, 4) is 5.75 Å². The second-order valence-electron chi connectivity index (χ2n) is 6.21. The molecule has 7 nitrogen and oxygen atoms in total. The number of nitrogens with zero attached hydrogens (tertiary/aromatic N) is 3. The van der Waals surface area contributed by atoms with Gasteiger partial charge in [0.15, 0.2) is 0 Å². The van der Waals surface area contributed by atoms with E-state index in [-0.39, 0.29) is 5.91 Å². The Bertz CT molecular complexity index is 756. The zero-order chi connectivity index (χ0) is 16.6. The third kappa shape index (κ3) is 2.45. The number of aromatic nitrogens is 4. The predicted molar refractivity (Wildman–Crippen MR) is 90.3 cm³/mol. The van der Waals surface area contributed by atoms with Gasteiger partial charge in [-0.3, -0.25) is 4.79 Å². The summed E-state index contributed by atoms with van der Waals surface area (Å²) in [6.45, 7) is 0. The second kappa shape index (κ2) is 6.08. The minimum Gasteiger partial charge on any atom is -0.496 e. The lowest BCUT2D eigenvalue weighted by molar-refractivity contribution is 0.0899. The molecule has 1 aromatic heterocycles. The molecule has 1 aromatic carbocycles. The standard InChI is InChI=1S/C16H19N5O2S/c1-23-12-6-5-10-3-2-4-11(10)13(12)14(22)17-16(7-8-24-9-16)15-18-20-21-19-15/h5-6H,2-4,7-9H2,1H3,(H,17,22)(H,18,19,20,21). The number of ether oxygens (including phenoxy) is 1. The quantitative estimate of drug-likeness (QED) is 0.871. The van der Waals surface area contributed by atoms with E-state index in [2.05, 4.69) is 32.0 Å². The Hall–Kier alpha value is -2.09. The first-order valence-electron chi connectivity index (χ1n) is 8.06. The van der Waals surface area contributed by atoms with Gasteiger partial charge < -0.3 is 10.1 Å². The van der Waals surface area contributed by atoms with Crippen LogP contribution in [0.25, 0.3) is 0 Å². The minimum atomic E-state index is -0.568. The Balaban J connectivity index is 1.71. The average Bonchev–Trinajstić information content (AvgIpc) is 3.33. The van der Waals surface area contributed by atoms with Crippen molar-refractivity contribution in [2.75, 3.05) is 18.6 Å². The number of rotatable bonds is 4. The highest BCUT2D eigenvalue weighted by atomic mass is 32.2. The van der Waals surface area contributed by atoms with Crippen LogP contribution in [0.1, 0.15) is 40.2 Å². The van der Waals surface area contributed by atoms with Crippen molar-refractivity contribution in [2.45, 2.75) is 31.2 Å². The molecule has 1 fully saturated rings. The number of H-pyrrole nitrogens is 1. The van der Waals surface area contributed by atoms with Crippen LogP contribution in [0.5, 0.6) is 5.75 Å². The smallest absolute Gasteiger partial charge is 0.256 e. The highest BCUT2D eigenvalue weighted by Crippen LogP contribution is 2.37. The van der Waals surface area contributed by atoms with Crippen LogP contribution < -0.4 is 10.1 Å². The van der Waals surface area contributed by atoms with Crippen molar-refractivity contribution in [3.63, 3.8) is 0 Å². The van der Waals surface area contributed by atoms with Crippen LogP contribution in [-0.4, -0.2) is 45.1 Å². The Labute approximate surface area is 143 Å². The number of fused-ring (bicyclic) bond motifs is 1. The zero-order valence-electron chi connectivity index (χ0n) is 13.5. The Morgan fingerprint density at radius 3 is 3.04 bits per heavy atom. The third-order valence-electron chi connectivity index (χ3n) is 4.84. The van der Waals surface area contributed by atoms with Crippen LogP contribution in [0.4, 0.5) is 0 Å². The lowest BCUT2D eigenvalue weighted by Crippen LogP contribution is -2.47. The van der Waals surface area contributed by atoms with E-state index >= 15 is 0 Å². The molecular weight excluding hydrogens is 326 g/mol. The molecule has 2 aliphatic rings. The summed E-state index contributed by atoms with van der Waals surface area (Å²) in [5, 5.41) is 17.6. The van der Waals surface area contributed by atoms with Crippen molar-refractivity contribution in [3.05, 3.63) is 34.6 Å². The number of carbonyl (C=O) groups is 1. The lowest BCUT2D eigenvalue weighted by atomic mass is 9.95. The van der Waals surface area contributed by atoms with E-state index in [0.717, 1.165) is 42.8 Å². The number of amides is 1. The molecule has 1 aliphatic heterocycles. The summed E-state index contributed by atoms with van der Waals surface area (Å²) in [5.74, 6) is 2.77. The number of nitrogens with one attached hydrogen (secondary N) is 2. The summed E-state index contributed by atoms with van der Waals surface area (Å²) >= 11 is 1.78. The maximum Gasteiger partial charge on any atom is 0.256 e. The number of benzene rings is 1. The van der Waals surface area contributed by atoms with Gasteiger partial charge in [-0.05, 0) is 48.6 Å². The van der Waals surface area contributed by atoms with Crippen LogP contribution in [0.3, 0.4) is 0 Å². The fraction of sp³-hybridized carbons (Fsp3) is 0.500. The van der Waals surface area contributed by atoms with Gasteiger partial charge in [0.2, 0.25) is 5.82 Å². The number of carbonyl (C=O) groups excluding carboxylic acids is 1. The number of thioether (sulfide) groups is 1. The van der Waals surface area contributed by atoms with Gasteiger partial charge >= 0.3 is 0 Å². The molecule has 2 heterocycles. The fourth-order valence-electron chi connectivity index (χ4n) is 3.60. The fourth-order valence-corrected chi connectivity index (χ4v) is 4.94. The largest absolute Gasteiger partial charge is 0.496 e. The Morgan fingerprint density at radius 2 is 2.33 bits per heavy atom. The van der Waals surface area contributed by atoms with Gasteiger partial charge in [0.25, 0.3) is 5.91 Å². The molecule has 1 aliphatic carbocycles. The highest BCUT2D eigenvalue weighted by molar-refractivity contribution is 7.99. The van der Waals surface area contributed by atoms with E-state index in [1.54, 1.807) is 18.9 Å². The van der Waals surface area contributed by atoms with Gasteiger partial charge in [-0.2, -0.15) is 17.0 Å². The molecule has 1 unspecified atom stereocenters. The van der Waals surface area contributed by atoms with Gasteiger partial charge in [0.1, 0.15) is 11.3 Å². The highest BCUT2D eigenvalue weighted by Gasteiger charge is 2.42. The minimum absolute atomic E-state index is 0.113. The number of hydrogen-bond donors (Lipinski definition) is 2. The van der Waals surface area contributed by atoms with Crippen LogP contribution in [0, 0.1) is 0 Å². The first-order chi connectivity index (χ1) is 11.7. The van der Waals surface area contributed by atoms with Gasteiger partial charge in [-0.15, -0.1) is 10.2 Å². The van der Waals surface area contributed by atoms with E-state index in [4.69, 9.17) is 4.74 Å². The molecule has 2 aromatic rings. The number of tetrazole rings is 1. The van der Waals surface area contributed by atoms with Gasteiger partial charge in [-0.1, -0.05) is 11.3 Å². The molecule has 0 saturated carbocycles. The predicted octanol–water partition coefficient (Wildman–Crippen LogP) is 1.46. The summed E-state index contributed by atoms with van der Waals surface area (Å²) < 4.78 is 5.46. The first-order valence-corrected chi connectivity index (χ1v) is 9.22. The zero-order valence-corrected chi connectivity index (χ0v) is 14.3. The summed E-state index contributed by atoms with van der Waals surface area (Å²) in [7, 11) is 1.60. The molecule has 0 spiro atoms. The first kappa shape index (κ1) is 15.4. The van der Waals surface area contributed by atoms with E-state index in [1.165, 1.54) is 5.56 Å². The van der Waals surface area contributed by atoms with Crippen LogP contribution in [0.2, 0.25) is 0 Å². The molecule has 0 bridgehead atoms. The van der Waals surface area contributed by atoms with Crippen molar-refractivity contribution >= 4 is 17.7 Å². The summed E-state index contributed by atoms with van der Waals surface area (Å²) in [6, 6.07) is 3.96. The van der Waals surface area contributed by atoms with Crippen LogP contribution in [-0.2, 0) is 18.4 Å². The van der Waals surface area contributed by atoms with Crippen LogP contribution >= 0.6 is 11.8 Å². The number of methoxy groups -OCH3 is 1. The van der Waals surface area contributed by atoms with Gasteiger partial charge in [0, 0.05) is 5.75 Å². The van der Waals surface area contributed by atoms with E-state index < -0.39 is 5.54 Å². The molecule has 8 heteroatoms. The molecule has 4 rings (SSSR count). The van der Waals surface area contributed by atoms with E-state index in [9.17, 15) is 4.79 Å². The lowest BCUT2D eigenvalue weighted by Gasteiger charge is -2.27. The van der Waals surface area contributed by atoms with Crippen molar-refractivity contribution in [2.24, 2.45) is 0 Å². The van der Waals surface area contributed by atoms with Gasteiger partial charge in [0.05, 0.1) is 12.7 Å². The SMILES string of the molecule is COc1ccc2c(c1C(=O)NC1(c3nn[nH]n3)CCSC1)CCC2. The maximum absolute atomic E-state index is 13.2. The number of hydrogen-bond acceptors (Lipinski definition) is 6. The van der Waals surface area contributed by atoms with E-state index in [0.29, 0.717) is 17.1 Å². The topological polar surface area (TPSA) is 92.8 Å². The molecule has 126 valence electrons. The molecule has 0 radical (unpaired) electrons. The summed E-state index contributed by atoms with van der Waals surface area (Å²) in [6.07, 6.45) is 3.81. The molecule has 1 amide bonds. The van der Waals surface area contributed by atoms with Gasteiger partial charge in [-0.25, -0.2) is 0 Å². The molecular formula is C16H19N5O2S. The maximum atomic E-state index is 13.2. The molecule has 1 saturated heterocycles. The number of aryl methyl sites for hydroxylation is 1. The second-order valence-corrected chi connectivity index (χ2v) is 7.31. The van der Waals surface area contributed by atoms with Crippen molar-refractivity contribution in [1.29, 1.82) is 0 Å². The Kier molecular flexibility index (Phi) is 3.91. The van der Waals surface area contributed by atoms with E-state index in [1.807, 2.05) is 6.07 Å².